The minimum absolute atomic E-state index is 0.0400. The Morgan fingerprint density at radius 2 is 1.92 bits per heavy atom. The molecule has 0 atom stereocenters. The van der Waals surface area contributed by atoms with Gasteiger partial charge in [-0.1, -0.05) is 12.1 Å². The standard InChI is InChI=1S/C21H28N4O/c1-17-5-3-6-20(15-17)25-13-11-24(12-14-25)10-4-9-22-21(26)19-8-7-18(2)23-16-19/h3,5-8,15-16H,4,9-14H2,1-2H3,(H,22,26). The third kappa shape index (κ3) is 5.05. The molecule has 1 aromatic heterocycles. The van der Waals surface area contributed by atoms with Crippen LogP contribution in [0.5, 0.6) is 0 Å². The second kappa shape index (κ2) is 8.81. The molecule has 3 rings (SSSR count). The number of hydrogen-bond donors (Lipinski definition) is 1. The van der Waals surface area contributed by atoms with Gasteiger partial charge in [-0.15, -0.1) is 0 Å². The SMILES string of the molecule is Cc1cccc(N2CCN(CCCNC(=O)c3ccc(C)nc3)CC2)c1. The van der Waals surface area contributed by atoms with Crippen LogP contribution in [0.3, 0.4) is 0 Å². The van der Waals surface area contributed by atoms with E-state index in [-0.39, 0.29) is 5.91 Å². The molecule has 5 nitrogen and oxygen atoms in total. The molecule has 0 saturated carbocycles. The molecular formula is C21H28N4O. The Bertz CT molecular complexity index is 721. The van der Waals surface area contributed by atoms with Crippen molar-refractivity contribution >= 4 is 11.6 Å². The third-order valence-corrected chi connectivity index (χ3v) is 4.85. The number of piperazine rings is 1. The number of anilines is 1. The van der Waals surface area contributed by atoms with Crippen LogP contribution in [-0.4, -0.2) is 55.1 Å². The maximum absolute atomic E-state index is 12.1. The normalized spacial score (nSPS) is 15.1. The first kappa shape index (κ1) is 18.4. The van der Waals surface area contributed by atoms with Gasteiger partial charge in [0.15, 0.2) is 0 Å². The van der Waals surface area contributed by atoms with Gasteiger partial charge in [0.25, 0.3) is 5.91 Å². The lowest BCUT2D eigenvalue weighted by molar-refractivity contribution is 0.0951. The summed E-state index contributed by atoms with van der Waals surface area (Å²) in [4.78, 5) is 21.2. The van der Waals surface area contributed by atoms with Crippen LogP contribution >= 0.6 is 0 Å². The Morgan fingerprint density at radius 3 is 2.62 bits per heavy atom. The number of benzene rings is 1. The second-order valence-electron chi connectivity index (χ2n) is 6.97. The number of aromatic nitrogens is 1. The Kier molecular flexibility index (Phi) is 6.23. The van der Waals surface area contributed by atoms with Crippen molar-refractivity contribution in [2.24, 2.45) is 0 Å². The van der Waals surface area contributed by atoms with E-state index in [1.807, 2.05) is 19.1 Å². The van der Waals surface area contributed by atoms with Crippen LogP contribution in [0, 0.1) is 13.8 Å². The van der Waals surface area contributed by atoms with E-state index in [1.165, 1.54) is 11.3 Å². The van der Waals surface area contributed by atoms with Gasteiger partial charge in [-0.25, -0.2) is 0 Å². The summed E-state index contributed by atoms with van der Waals surface area (Å²) in [7, 11) is 0. The van der Waals surface area contributed by atoms with E-state index in [2.05, 4.69) is 51.3 Å². The molecule has 1 N–H and O–H groups in total. The zero-order chi connectivity index (χ0) is 18.4. The van der Waals surface area contributed by atoms with Gasteiger partial charge in [-0.2, -0.15) is 0 Å². The number of amides is 1. The maximum Gasteiger partial charge on any atom is 0.252 e. The average Bonchev–Trinajstić information content (AvgIpc) is 2.66. The molecular weight excluding hydrogens is 324 g/mol. The minimum atomic E-state index is -0.0400. The van der Waals surface area contributed by atoms with Crippen molar-refractivity contribution in [1.29, 1.82) is 0 Å². The van der Waals surface area contributed by atoms with Crippen molar-refractivity contribution in [2.75, 3.05) is 44.2 Å². The van der Waals surface area contributed by atoms with Crippen LogP contribution in [0.15, 0.2) is 42.6 Å². The molecule has 0 unspecified atom stereocenters. The predicted molar refractivity (Wildman–Crippen MR) is 106 cm³/mol. The number of carbonyl (C=O) groups excluding carboxylic acids is 1. The monoisotopic (exact) mass is 352 g/mol. The van der Waals surface area contributed by atoms with Crippen molar-refractivity contribution in [1.82, 2.24) is 15.2 Å². The highest BCUT2D eigenvalue weighted by atomic mass is 16.1. The van der Waals surface area contributed by atoms with E-state index in [4.69, 9.17) is 0 Å². The van der Waals surface area contributed by atoms with E-state index in [0.717, 1.165) is 44.8 Å². The number of nitrogens with zero attached hydrogens (tertiary/aromatic N) is 3. The van der Waals surface area contributed by atoms with Crippen LogP contribution in [0.4, 0.5) is 5.69 Å². The lowest BCUT2D eigenvalue weighted by Gasteiger charge is -2.36. The number of hydrogen-bond acceptors (Lipinski definition) is 4. The van der Waals surface area contributed by atoms with Gasteiger partial charge in [-0.3, -0.25) is 14.7 Å². The Balaban J connectivity index is 1.35. The number of aryl methyl sites for hydroxylation is 2. The molecule has 0 aliphatic carbocycles. The first-order valence-electron chi connectivity index (χ1n) is 9.36. The second-order valence-corrected chi connectivity index (χ2v) is 6.97. The van der Waals surface area contributed by atoms with Gasteiger partial charge in [0.1, 0.15) is 0 Å². The fraction of sp³-hybridized carbons (Fsp3) is 0.429. The molecule has 0 radical (unpaired) electrons. The molecule has 0 bridgehead atoms. The van der Waals surface area contributed by atoms with Gasteiger partial charge >= 0.3 is 0 Å². The van der Waals surface area contributed by atoms with Crippen LogP contribution in [-0.2, 0) is 0 Å². The summed E-state index contributed by atoms with van der Waals surface area (Å²) in [6, 6.07) is 12.4. The predicted octanol–water partition coefficient (Wildman–Crippen LogP) is 2.64. The number of nitrogens with one attached hydrogen (secondary N) is 1. The summed E-state index contributed by atoms with van der Waals surface area (Å²) in [5.41, 5.74) is 4.18. The summed E-state index contributed by atoms with van der Waals surface area (Å²) in [5, 5.41) is 2.98. The molecule has 1 amide bonds. The Hall–Kier alpha value is -2.40. The van der Waals surface area contributed by atoms with Crippen LogP contribution in [0.2, 0.25) is 0 Å². The molecule has 138 valence electrons. The fourth-order valence-electron chi connectivity index (χ4n) is 3.26. The molecule has 2 heterocycles. The van der Waals surface area contributed by atoms with Crippen LogP contribution in [0.1, 0.15) is 28.0 Å². The highest BCUT2D eigenvalue weighted by Gasteiger charge is 2.16. The topological polar surface area (TPSA) is 48.5 Å². The number of rotatable bonds is 6. The highest BCUT2D eigenvalue weighted by Crippen LogP contribution is 2.17. The summed E-state index contributed by atoms with van der Waals surface area (Å²) >= 11 is 0. The van der Waals surface area contributed by atoms with E-state index >= 15 is 0 Å². The third-order valence-electron chi connectivity index (χ3n) is 4.85. The van der Waals surface area contributed by atoms with Gasteiger partial charge in [0.2, 0.25) is 0 Å². The van der Waals surface area contributed by atoms with Crippen molar-refractivity contribution in [3.05, 3.63) is 59.4 Å². The fourth-order valence-corrected chi connectivity index (χ4v) is 3.26. The van der Waals surface area contributed by atoms with Gasteiger partial charge < -0.3 is 10.2 Å². The summed E-state index contributed by atoms with van der Waals surface area (Å²) < 4.78 is 0. The smallest absolute Gasteiger partial charge is 0.252 e. The summed E-state index contributed by atoms with van der Waals surface area (Å²) in [6.45, 7) is 10.0. The Morgan fingerprint density at radius 1 is 1.12 bits per heavy atom. The first-order chi connectivity index (χ1) is 12.6. The van der Waals surface area contributed by atoms with E-state index in [0.29, 0.717) is 12.1 Å². The molecule has 5 heteroatoms. The maximum atomic E-state index is 12.1. The summed E-state index contributed by atoms with van der Waals surface area (Å²) in [6.07, 6.45) is 2.60. The van der Waals surface area contributed by atoms with Gasteiger partial charge in [0.05, 0.1) is 5.56 Å². The van der Waals surface area contributed by atoms with E-state index < -0.39 is 0 Å². The van der Waals surface area contributed by atoms with Gasteiger partial charge in [-0.05, 0) is 56.6 Å². The molecule has 1 aromatic carbocycles. The molecule has 26 heavy (non-hydrogen) atoms. The van der Waals surface area contributed by atoms with E-state index in [1.54, 1.807) is 6.20 Å². The van der Waals surface area contributed by atoms with Crippen molar-refractivity contribution in [3.8, 4) is 0 Å². The Labute approximate surface area is 156 Å². The van der Waals surface area contributed by atoms with Crippen molar-refractivity contribution in [2.45, 2.75) is 20.3 Å². The average molecular weight is 352 g/mol. The highest BCUT2D eigenvalue weighted by molar-refractivity contribution is 5.93. The van der Waals surface area contributed by atoms with Gasteiger partial charge in [0, 0.05) is 50.3 Å². The minimum Gasteiger partial charge on any atom is -0.369 e. The lowest BCUT2D eigenvalue weighted by Crippen LogP contribution is -2.47. The molecule has 1 aliphatic heterocycles. The molecule has 2 aromatic rings. The van der Waals surface area contributed by atoms with E-state index in [9.17, 15) is 4.79 Å². The molecule has 1 fully saturated rings. The van der Waals surface area contributed by atoms with Crippen molar-refractivity contribution < 1.29 is 4.79 Å². The summed E-state index contributed by atoms with van der Waals surface area (Å²) in [5.74, 6) is -0.0400. The quantitative estimate of drug-likeness (QED) is 0.812. The zero-order valence-corrected chi connectivity index (χ0v) is 15.7. The van der Waals surface area contributed by atoms with Crippen molar-refractivity contribution in [3.63, 3.8) is 0 Å². The first-order valence-corrected chi connectivity index (χ1v) is 9.36. The lowest BCUT2D eigenvalue weighted by atomic mass is 10.2. The molecule has 1 saturated heterocycles. The largest absolute Gasteiger partial charge is 0.369 e. The molecule has 0 spiro atoms. The van der Waals surface area contributed by atoms with Crippen LogP contribution in [0.25, 0.3) is 0 Å². The number of carbonyl (C=O) groups is 1. The molecule has 1 aliphatic rings. The number of pyridine rings is 1. The van der Waals surface area contributed by atoms with Crippen LogP contribution < -0.4 is 10.2 Å². The zero-order valence-electron chi connectivity index (χ0n) is 15.7.